The number of carbonyl (C=O) groups is 1. The Hall–Kier alpha value is -3.97. The van der Waals surface area contributed by atoms with E-state index in [0.29, 0.717) is 28.8 Å². The van der Waals surface area contributed by atoms with Crippen LogP contribution in [0.3, 0.4) is 0 Å². The van der Waals surface area contributed by atoms with Gasteiger partial charge in [0.25, 0.3) is 5.91 Å². The Kier molecular flexibility index (Phi) is 5.62. The van der Waals surface area contributed by atoms with Gasteiger partial charge in [-0.2, -0.15) is 5.10 Å². The first-order valence-electron chi connectivity index (χ1n) is 11.0. The maximum Gasteiger partial charge on any atom is 0.255 e. The number of hydrogen-bond donors (Lipinski definition) is 3. The van der Waals surface area contributed by atoms with E-state index in [1.807, 2.05) is 53.5 Å². The molecule has 166 valence electrons. The monoisotopic (exact) mass is 439 g/mol. The highest BCUT2D eigenvalue weighted by Crippen LogP contribution is 2.29. The Morgan fingerprint density at radius 1 is 1.12 bits per heavy atom. The number of hydrogen-bond acceptors (Lipinski definition) is 5. The first-order chi connectivity index (χ1) is 16.1. The number of phenolic OH excluding ortho intramolecular Hbond substituents is 1. The Morgan fingerprint density at radius 3 is 2.67 bits per heavy atom. The van der Waals surface area contributed by atoms with Crippen LogP contribution in [0.15, 0.2) is 60.7 Å². The Balaban J connectivity index is 1.64. The van der Waals surface area contributed by atoms with Gasteiger partial charge in [-0.25, -0.2) is 4.98 Å². The van der Waals surface area contributed by atoms with Crippen molar-refractivity contribution in [1.29, 1.82) is 0 Å². The highest BCUT2D eigenvalue weighted by Gasteiger charge is 2.27. The van der Waals surface area contributed by atoms with Gasteiger partial charge < -0.3 is 15.3 Å². The van der Waals surface area contributed by atoms with Gasteiger partial charge in [0.1, 0.15) is 5.75 Å². The molecular formula is C26H25N5O2. The summed E-state index contributed by atoms with van der Waals surface area (Å²) in [5.41, 5.74) is 4.29. The van der Waals surface area contributed by atoms with Crippen LogP contribution in [0.5, 0.6) is 5.75 Å². The van der Waals surface area contributed by atoms with Gasteiger partial charge in [-0.15, -0.1) is 0 Å². The molecule has 1 fully saturated rings. The van der Waals surface area contributed by atoms with Crippen molar-refractivity contribution in [1.82, 2.24) is 25.4 Å². The van der Waals surface area contributed by atoms with Gasteiger partial charge in [-0.05, 0) is 48.9 Å². The number of H-pyrrole nitrogens is 1. The van der Waals surface area contributed by atoms with E-state index in [1.165, 1.54) is 0 Å². The van der Waals surface area contributed by atoms with Crippen LogP contribution in [0.25, 0.3) is 34.4 Å². The molecule has 2 aromatic heterocycles. The van der Waals surface area contributed by atoms with Crippen molar-refractivity contribution < 1.29 is 9.90 Å². The summed E-state index contributed by atoms with van der Waals surface area (Å²) in [6.45, 7) is 4.22. The van der Waals surface area contributed by atoms with Gasteiger partial charge in [-0.1, -0.05) is 36.4 Å². The number of fused-ring (bicyclic) bond motifs is 1. The number of aromatic nitrogens is 3. The molecule has 7 nitrogen and oxygen atoms in total. The molecule has 1 atom stereocenters. The average Bonchev–Trinajstić information content (AvgIpc) is 3.26. The summed E-state index contributed by atoms with van der Waals surface area (Å²) in [4.78, 5) is 20.4. The van der Waals surface area contributed by atoms with Crippen molar-refractivity contribution in [2.45, 2.75) is 13.0 Å². The molecule has 1 amide bonds. The molecule has 0 aliphatic carbocycles. The zero-order valence-electron chi connectivity index (χ0n) is 18.3. The summed E-state index contributed by atoms with van der Waals surface area (Å²) in [6.07, 6.45) is 3.92. The summed E-state index contributed by atoms with van der Waals surface area (Å²) in [7, 11) is 0. The maximum atomic E-state index is 13.8. The Labute approximate surface area is 191 Å². The fourth-order valence-corrected chi connectivity index (χ4v) is 4.16. The molecule has 0 saturated carbocycles. The van der Waals surface area contributed by atoms with E-state index in [9.17, 15) is 9.90 Å². The van der Waals surface area contributed by atoms with Gasteiger partial charge in [0.05, 0.1) is 22.3 Å². The van der Waals surface area contributed by atoms with E-state index < -0.39 is 0 Å². The predicted molar refractivity (Wildman–Crippen MR) is 130 cm³/mol. The van der Waals surface area contributed by atoms with E-state index in [0.717, 1.165) is 29.9 Å². The van der Waals surface area contributed by atoms with E-state index >= 15 is 0 Å². The molecule has 1 aliphatic rings. The number of rotatable bonds is 4. The number of amides is 1. The van der Waals surface area contributed by atoms with Crippen LogP contribution >= 0.6 is 0 Å². The van der Waals surface area contributed by atoms with Crippen LogP contribution in [0.4, 0.5) is 0 Å². The number of carbonyl (C=O) groups excluding carboxylic acids is 1. The Bertz CT molecular complexity index is 1310. The lowest BCUT2D eigenvalue weighted by atomic mass is 10.0. The second-order valence-corrected chi connectivity index (χ2v) is 8.23. The molecule has 0 spiro atoms. The minimum absolute atomic E-state index is 0.0350. The van der Waals surface area contributed by atoms with E-state index in [-0.39, 0.29) is 17.7 Å². The third kappa shape index (κ3) is 4.23. The molecule has 1 aliphatic heterocycles. The summed E-state index contributed by atoms with van der Waals surface area (Å²) in [5, 5.41) is 21.2. The van der Waals surface area contributed by atoms with Gasteiger partial charge >= 0.3 is 0 Å². The number of aromatic hydroxyl groups is 1. The fourth-order valence-electron chi connectivity index (χ4n) is 4.16. The normalized spacial score (nSPS) is 16.5. The van der Waals surface area contributed by atoms with Crippen LogP contribution in [-0.2, 0) is 0 Å². The summed E-state index contributed by atoms with van der Waals surface area (Å²) in [5.74, 6) is 0.145. The van der Waals surface area contributed by atoms with Gasteiger partial charge in [-0.3, -0.25) is 9.89 Å². The number of nitrogens with zero attached hydrogens (tertiary/aromatic N) is 3. The number of benzene rings is 2. The van der Waals surface area contributed by atoms with E-state index in [1.54, 1.807) is 24.3 Å². The second kappa shape index (κ2) is 8.88. The SMILES string of the molecule is CC1CNCCN1C(=O)c1cc(-c2ccc(O)cc2)nc2n[nH]c(/C=C/c3ccccc3)c12. The van der Waals surface area contributed by atoms with Crippen molar-refractivity contribution >= 4 is 29.1 Å². The number of nitrogens with one attached hydrogen (secondary N) is 2. The smallest absolute Gasteiger partial charge is 0.255 e. The molecule has 3 N–H and O–H groups in total. The third-order valence-corrected chi connectivity index (χ3v) is 5.95. The zero-order chi connectivity index (χ0) is 22.8. The molecule has 1 saturated heterocycles. The standard InChI is InChI=1S/C26H25N5O2/c1-17-16-27-13-14-31(17)26(33)21-15-23(19-8-10-20(32)11-9-19)28-25-24(21)22(29-30-25)12-7-18-5-3-2-4-6-18/h2-12,15,17,27,32H,13-14,16H2,1H3,(H,28,29,30)/b12-7+. The topological polar surface area (TPSA) is 94.1 Å². The largest absolute Gasteiger partial charge is 0.508 e. The lowest BCUT2D eigenvalue weighted by Gasteiger charge is -2.34. The van der Waals surface area contributed by atoms with Crippen LogP contribution in [0.1, 0.15) is 28.5 Å². The lowest BCUT2D eigenvalue weighted by molar-refractivity contribution is 0.0657. The van der Waals surface area contributed by atoms with E-state index in [2.05, 4.69) is 22.4 Å². The van der Waals surface area contributed by atoms with Crippen molar-refractivity contribution in [3.05, 3.63) is 77.5 Å². The molecule has 1 unspecified atom stereocenters. The summed E-state index contributed by atoms with van der Waals surface area (Å²) in [6, 6.07) is 18.7. The molecule has 7 heteroatoms. The van der Waals surface area contributed by atoms with E-state index in [4.69, 9.17) is 4.98 Å². The number of aromatic amines is 1. The number of piperazine rings is 1. The molecule has 5 rings (SSSR count). The van der Waals surface area contributed by atoms with Crippen molar-refractivity contribution in [3.63, 3.8) is 0 Å². The molecule has 2 aromatic carbocycles. The average molecular weight is 440 g/mol. The highest BCUT2D eigenvalue weighted by atomic mass is 16.3. The van der Waals surface area contributed by atoms with Gasteiger partial charge in [0.15, 0.2) is 5.65 Å². The molecule has 0 radical (unpaired) electrons. The van der Waals surface area contributed by atoms with Crippen molar-refractivity contribution in [2.24, 2.45) is 0 Å². The van der Waals surface area contributed by atoms with Crippen LogP contribution in [-0.4, -0.2) is 56.8 Å². The lowest BCUT2D eigenvalue weighted by Crippen LogP contribution is -2.52. The van der Waals surface area contributed by atoms with Crippen molar-refractivity contribution in [3.8, 4) is 17.0 Å². The first-order valence-corrected chi connectivity index (χ1v) is 11.0. The number of pyridine rings is 1. The highest BCUT2D eigenvalue weighted by molar-refractivity contribution is 6.09. The minimum Gasteiger partial charge on any atom is -0.508 e. The van der Waals surface area contributed by atoms with Crippen molar-refractivity contribution in [2.75, 3.05) is 19.6 Å². The van der Waals surface area contributed by atoms with Crippen LogP contribution < -0.4 is 5.32 Å². The molecule has 33 heavy (non-hydrogen) atoms. The molecule has 4 aromatic rings. The first kappa shape index (κ1) is 20.9. The zero-order valence-corrected chi connectivity index (χ0v) is 18.3. The third-order valence-electron chi connectivity index (χ3n) is 5.95. The second-order valence-electron chi connectivity index (χ2n) is 8.23. The molecule has 0 bridgehead atoms. The Morgan fingerprint density at radius 2 is 1.91 bits per heavy atom. The maximum absolute atomic E-state index is 13.8. The molecule has 3 heterocycles. The fraction of sp³-hybridized carbons (Fsp3) is 0.192. The van der Waals surface area contributed by atoms with Crippen LogP contribution in [0.2, 0.25) is 0 Å². The summed E-state index contributed by atoms with van der Waals surface area (Å²) < 4.78 is 0. The minimum atomic E-state index is -0.0350. The molecular weight excluding hydrogens is 414 g/mol. The predicted octanol–water partition coefficient (Wildman–Crippen LogP) is 3.93. The van der Waals surface area contributed by atoms with Crippen LogP contribution in [0, 0.1) is 0 Å². The van der Waals surface area contributed by atoms with Gasteiger partial charge in [0, 0.05) is 31.2 Å². The quantitative estimate of drug-likeness (QED) is 0.448. The number of phenols is 1. The summed E-state index contributed by atoms with van der Waals surface area (Å²) >= 11 is 0. The van der Waals surface area contributed by atoms with Gasteiger partial charge in [0.2, 0.25) is 0 Å².